The summed E-state index contributed by atoms with van der Waals surface area (Å²) in [7, 11) is 0. The van der Waals surface area contributed by atoms with Crippen LogP contribution in [0.5, 0.6) is 0 Å². The number of anilines is 1. The number of hydrogen-bond donors (Lipinski definition) is 0. The number of piperazine rings is 1. The van der Waals surface area contributed by atoms with Gasteiger partial charge in [-0.1, -0.05) is 11.6 Å². The van der Waals surface area contributed by atoms with Gasteiger partial charge in [0.25, 0.3) is 0 Å². The number of ketones is 1. The van der Waals surface area contributed by atoms with Crippen molar-refractivity contribution in [1.29, 1.82) is 0 Å². The third-order valence-electron chi connectivity index (χ3n) is 8.48. The van der Waals surface area contributed by atoms with Crippen LogP contribution in [0.25, 0.3) is 16.6 Å². The van der Waals surface area contributed by atoms with Gasteiger partial charge in [-0.3, -0.25) is 14.4 Å². The molecule has 172 valence electrons. The fourth-order valence-corrected chi connectivity index (χ4v) is 6.46. The van der Waals surface area contributed by atoms with E-state index in [1.54, 1.807) is 0 Å². The van der Waals surface area contributed by atoms with Gasteiger partial charge in [0.15, 0.2) is 5.78 Å². The maximum atomic E-state index is 12.4. The number of benzene rings is 1. The minimum absolute atomic E-state index is 0.179. The maximum absolute atomic E-state index is 12.4. The number of halogens is 1. The second-order valence-electron chi connectivity index (χ2n) is 10.4. The van der Waals surface area contributed by atoms with Crippen LogP contribution in [0.15, 0.2) is 30.7 Å². The van der Waals surface area contributed by atoms with Crippen molar-refractivity contribution in [3.8, 4) is 5.69 Å². The van der Waals surface area contributed by atoms with Crippen molar-refractivity contribution < 1.29 is 9.53 Å². The summed E-state index contributed by atoms with van der Waals surface area (Å²) in [5.41, 5.74) is 2.79. The highest BCUT2D eigenvalue weighted by Gasteiger charge is 2.58. The molecule has 2 bridgehead atoms. The van der Waals surface area contributed by atoms with Crippen LogP contribution in [0.2, 0.25) is 5.02 Å². The highest BCUT2D eigenvalue weighted by Crippen LogP contribution is 2.62. The largest absolute Gasteiger partial charge is 0.371 e. The Morgan fingerprint density at radius 1 is 1.09 bits per heavy atom. The van der Waals surface area contributed by atoms with Gasteiger partial charge in [0.2, 0.25) is 0 Å². The predicted octanol–water partition coefficient (Wildman–Crippen LogP) is 2.86. The third-order valence-corrected chi connectivity index (χ3v) is 8.78. The summed E-state index contributed by atoms with van der Waals surface area (Å²) < 4.78 is 9.57. The Kier molecular flexibility index (Phi) is 4.12. The molecule has 5 aliphatic rings. The van der Waals surface area contributed by atoms with Crippen molar-refractivity contribution in [2.24, 2.45) is 5.92 Å². The number of fused-ring (bicyclic) bond motifs is 1. The molecule has 2 aromatic heterocycles. The molecule has 0 unspecified atom stereocenters. The number of carbonyl (C=O) groups excluding carboxylic acids is 1. The molecule has 0 spiro atoms. The van der Waals surface area contributed by atoms with E-state index in [1.807, 2.05) is 30.1 Å². The molecule has 1 aromatic carbocycles. The average molecular weight is 467 g/mol. The first-order valence-electron chi connectivity index (χ1n) is 11.8. The molecule has 8 nitrogen and oxygen atoms in total. The third kappa shape index (κ3) is 2.80. The minimum atomic E-state index is -0.501. The van der Waals surface area contributed by atoms with Crippen LogP contribution < -0.4 is 4.90 Å². The van der Waals surface area contributed by atoms with Gasteiger partial charge in [0.05, 0.1) is 47.0 Å². The zero-order valence-corrected chi connectivity index (χ0v) is 19.5. The lowest BCUT2D eigenvalue weighted by Crippen LogP contribution is -2.59. The Balaban J connectivity index is 1.16. The highest BCUT2D eigenvalue weighted by atomic mass is 35.5. The number of carbonyl (C=O) groups is 1. The Labute approximate surface area is 197 Å². The number of rotatable bonds is 4. The Hall–Kier alpha value is -2.42. The second kappa shape index (κ2) is 6.81. The average Bonchev–Trinajstić information content (AvgIpc) is 3.45. The fourth-order valence-electron chi connectivity index (χ4n) is 6.17. The molecule has 9 heteroatoms. The van der Waals surface area contributed by atoms with Gasteiger partial charge < -0.3 is 9.64 Å². The summed E-state index contributed by atoms with van der Waals surface area (Å²) in [5.74, 6) is 1.09. The van der Waals surface area contributed by atoms with Crippen LogP contribution in [0.4, 0.5) is 5.69 Å². The van der Waals surface area contributed by atoms with E-state index in [-0.39, 0.29) is 17.9 Å². The lowest BCUT2D eigenvalue weighted by Gasteiger charge is -2.61. The standard InChI is InChI=1S/C24H27ClN6O2/c1-23(15-33-14-22(23)32)29-4-2-28(3-5-29)21-7-20-17(6-19(21)25)11-27-31(20)18-12-26-30(13-18)24-8-16(9-24)10-24/h6-7,11-13,16H,2-5,8-10,14-15H2,1H3/t16?,23-,24?/m1/s1. The summed E-state index contributed by atoms with van der Waals surface area (Å²) in [6.07, 6.45) is 9.70. The van der Waals surface area contributed by atoms with E-state index in [4.69, 9.17) is 16.3 Å². The molecule has 33 heavy (non-hydrogen) atoms. The zero-order valence-electron chi connectivity index (χ0n) is 18.7. The Morgan fingerprint density at radius 2 is 1.88 bits per heavy atom. The van der Waals surface area contributed by atoms with Crippen LogP contribution in [0.1, 0.15) is 26.2 Å². The van der Waals surface area contributed by atoms with Crippen LogP contribution in [0, 0.1) is 5.92 Å². The fraction of sp³-hybridized carbons (Fsp3) is 0.542. The van der Waals surface area contributed by atoms with Crippen molar-refractivity contribution >= 4 is 34.0 Å². The van der Waals surface area contributed by atoms with Crippen LogP contribution >= 0.6 is 11.6 Å². The first kappa shape index (κ1) is 20.0. The molecule has 4 heterocycles. The van der Waals surface area contributed by atoms with Crippen molar-refractivity contribution in [3.05, 3.63) is 35.7 Å². The van der Waals surface area contributed by atoms with Gasteiger partial charge in [-0.15, -0.1) is 0 Å². The molecule has 0 N–H and O–H groups in total. The van der Waals surface area contributed by atoms with Crippen molar-refractivity contribution in [2.45, 2.75) is 37.3 Å². The molecule has 1 atom stereocenters. The lowest BCUT2D eigenvalue weighted by molar-refractivity contribution is -0.126. The highest BCUT2D eigenvalue weighted by molar-refractivity contribution is 6.34. The van der Waals surface area contributed by atoms with E-state index >= 15 is 0 Å². The minimum Gasteiger partial charge on any atom is -0.371 e. The summed E-state index contributed by atoms with van der Waals surface area (Å²) in [6.45, 7) is 5.93. The van der Waals surface area contributed by atoms with Gasteiger partial charge >= 0.3 is 0 Å². The first-order chi connectivity index (χ1) is 16.0. The monoisotopic (exact) mass is 466 g/mol. The molecule has 8 rings (SSSR count). The molecule has 2 saturated heterocycles. The maximum Gasteiger partial charge on any atom is 0.180 e. The summed E-state index contributed by atoms with van der Waals surface area (Å²) in [5, 5.41) is 11.1. The molecule has 5 fully saturated rings. The van der Waals surface area contributed by atoms with E-state index < -0.39 is 5.54 Å². The lowest BCUT2D eigenvalue weighted by atomic mass is 9.50. The van der Waals surface area contributed by atoms with Crippen LogP contribution in [-0.4, -0.2) is 75.2 Å². The number of hydrogen-bond acceptors (Lipinski definition) is 6. The summed E-state index contributed by atoms with van der Waals surface area (Å²) in [6, 6.07) is 4.15. The van der Waals surface area contributed by atoms with Gasteiger partial charge in [-0.2, -0.15) is 10.2 Å². The van der Waals surface area contributed by atoms with Gasteiger partial charge in [0, 0.05) is 31.6 Å². The molecule has 3 saturated carbocycles. The number of ether oxygens (including phenoxy) is 1. The summed E-state index contributed by atoms with van der Waals surface area (Å²) >= 11 is 6.72. The predicted molar refractivity (Wildman–Crippen MR) is 125 cm³/mol. The molecule has 0 radical (unpaired) electrons. The van der Waals surface area contributed by atoms with Gasteiger partial charge in [0.1, 0.15) is 17.8 Å². The SMILES string of the molecule is C[C@@]1(N2CCN(c3cc4c(cnn4-c4cnn(C56CC(C5)C6)c4)cc3Cl)CC2)COCC1=O. The zero-order chi connectivity index (χ0) is 22.4. The molecular formula is C24H27ClN6O2. The van der Waals surface area contributed by atoms with Crippen LogP contribution in [0.3, 0.4) is 0 Å². The second-order valence-corrected chi connectivity index (χ2v) is 10.8. The Morgan fingerprint density at radius 3 is 2.55 bits per heavy atom. The van der Waals surface area contributed by atoms with Crippen molar-refractivity contribution in [1.82, 2.24) is 24.5 Å². The first-order valence-corrected chi connectivity index (χ1v) is 12.2. The van der Waals surface area contributed by atoms with Crippen molar-refractivity contribution in [2.75, 3.05) is 44.3 Å². The Bertz CT molecular complexity index is 1260. The number of nitrogens with zero attached hydrogens (tertiary/aromatic N) is 6. The van der Waals surface area contributed by atoms with Gasteiger partial charge in [-0.25, -0.2) is 4.68 Å². The number of Topliss-reactive ketones (excluding diaryl/α,β-unsaturated/α-hetero) is 1. The molecular weight excluding hydrogens is 440 g/mol. The van der Waals surface area contributed by atoms with E-state index in [2.05, 4.69) is 36.9 Å². The van der Waals surface area contributed by atoms with E-state index in [9.17, 15) is 4.79 Å². The molecule has 2 aliphatic heterocycles. The van der Waals surface area contributed by atoms with E-state index in [0.29, 0.717) is 6.61 Å². The number of aromatic nitrogens is 4. The normalized spacial score (nSPS) is 31.8. The van der Waals surface area contributed by atoms with Crippen LogP contribution in [-0.2, 0) is 15.1 Å². The quantitative estimate of drug-likeness (QED) is 0.589. The molecule has 0 amide bonds. The van der Waals surface area contributed by atoms with E-state index in [1.165, 1.54) is 19.3 Å². The van der Waals surface area contributed by atoms with Crippen molar-refractivity contribution in [3.63, 3.8) is 0 Å². The summed E-state index contributed by atoms with van der Waals surface area (Å²) in [4.78, 5) is 16.9. The molecule has 3 aromatic rings. The topological polar surface area (TPSA) is 68.4 Å². The molecule has 3 aliphatic carbocycles. The van der Waals surface area contributed by atoms with E-state index in [0.717, 1.165) is 59.4 Å². The van der Waals surface area contributed by atoms with Gasteiger partial charge in [-0.05, 0) is 44.2 Å². The smallest absolute Gasteiger partial charge is 0.180 e.